The number of nitrogens with one attached hydrogen (secondary N) is 1. The summed E-state index contributed by atoms with van der Waals surface area (Å²) in [6.07, 6.45) is 0.713. The summed E-state index contributed by atoms with van der Waals surface area (Å²) in [6.45, 7) is 6.71. The maximum Gasteiger partial charge on any atom is 0.183 e. The van der Waals surface area contributed by atoms with E-state index in [9.17, 15) is 16.8 Å². The average Bonchev–Trinajstić information content (AvgIpc) is 2.97. The molecule has 2 aromatic rings. The highest BCUT2D eigenvalue weighted by Gasteiger charge is 2.45. The van der Waals surface area contributed by atoms with Crippen LogP contribution in [-0.2, 0) is 31.5 Å². The number of rotatable bonds is 6. The molecule has 1 N–H and O–H groups in total. The summed E-state index contributed by atoms with van der Waals surface area (Å²) in [5.74, 6) is -0.481. The van der Waals surface area contributed by atoms with E-state index in [1.807, 2.05) is 42.5 Å². The average molecular weight is 436 g/mol. The van der Waals surface area contributed by atoms with Gasteiger partial charge in [0.15, 0.2) is 19.7 Å². The molecule has 0 unspecified atom stereocenters. The molecule has 0 saturated carbocycles. The Bertz CT molecular complexity index is 1040. The summed E-state index contributed by atoms with van der Waals surface area (Å²) >= 11 is 0. The fourth-order valence-corrected chi connectivity index (χ4v) is 8.39. The molecule has 0 radical (unpaired) electrons. The monoisotopic (exact) mass is 435 g/mol. The molecule has 1 heterocycles. The number of benzene rings is 2. The van der Waals surface area contributed by atoms with Crippen LogP contribution in [0.5, 0.6) is 0 Å². The Morgan fingerprint density at radius 1 is 0.966 bits per heavy atom. The summed E-state index contributed by atoms with van der Waals surface area (Å²) < 4.78 is 50.9. The van der Waals surface area contributed by atoms with Crippen LogP contribution in [0.15, 0.2) is 59.5 Å². The van der Waals surface area contributed by atoms with Gasteiger partial charge >= 0.3 is 0 Å². The van der Waals surface area contributed by atoms with Gasteiger partial charge in [0.1, 0.15) is 0 Å². The minimum absolute atomic E-state index is 0.0828. The summed E-state index contributed by atoms with van der Waals surface area (Å²) in [5, 5.41) is 2.22. The molecule has 7 heteroatoms. The fourth-order valence-electron chi connectivity index (χ4n) is 3.68. The Hall–Kier alpha value is -1.70. The van der Waals surface area contributed by atoms with Crippen LogP contribution in [0.4, 0.5) is 0 Å². The van der Waals surface area contributed by atoms with Crippen molar-refractivity contribution in [2.75, 3.05) is 18.1 Å². The quantitative estimate of drug-likeness (QED) is 0.755. The Morgan fingerprint density at radius 2 is 1.59 bits per heavy atom. The van der Waals surface area contributed by atoms with Gasteiger partial charge in [0.2, 0.25) is 0 Å². The molecule has 1 fully saturated rings. The van der Waals surface area contributed by atoms with Crippen LogP contribution >= 0.6 is 0 Å². The third-order valence-corrected chi connectivity index (χ3v) is 9.58. The Kier molecular flexibility index (Phi) is 6.22. The van der Waals surface area contributed by atoms with Crippen LogP contribution in [0.25, 0.3) is 0 Å². The minimum atomic E-state index is -3.76. The molecule has 2 atom stereocenters. The van der Waals surface area contributed by atoms with E-state index in [4.69, 9.17) is 0 Å². The second kappa shape index (κ2) is 8.20. The summed E-state index contributed by atoms with van der Waals surface area (Å²) in [7, 11) is -7.16. The van der Waals surface area contributed by atoms with Crippen LogP contribution in [0.2, 0.25) is 0 Å². The van der Waals surface area contributed by atoms with Gasteiger partial charge in [0.05, 0.1) is 21.7 Å². The van der Waals surface area contributed by atoms with E-state index in [1.165, 1.54) is 0 Å². The van der Waals surface area contributed by atoms with E-state index < -0.39 is 31.0 Å². The zero-order chi connectivity index (χ0) is 21.3. The highest BCUT2D eigenvalue weighted by molar-refractivity contribution is 7.96. The minimum Gasteiger partial charge on any atom is -0.311 e. The van der Waals surface area contributed by atoms with Gasteiger partial charge in [-0.1, -0.05) is 63.2 Å². The molecular formula is C22H29NO4S2. The topological polar surface area (TPSA) is 80.3 Å². The second-order valence-corrected chi connectivity index (χ2v) is 13.1. The molecule has 5 nitrogen and oxygen atoms in total. The lowest BCUT2D eigenvalue weighted by Crippen LogP contribution is -2.44. The van der Waals surface area contributed by atoms with Crippen molar-refractivity contribution in [1.82, 2.24) is 5.32 Å². The van der Waals surface area contributed by atoms with Gasteiger partial charge < -0.3 is 5.32 Å². The van der Waals surface area contributed by atoms with Crippen molar-refractivity contribution in [3.05, 3.63) is 65.7 Å². The zero-order valence-electron chi connectivity index (χ0n) is 17.1. The lowest BCUT2D eigenvalue weighted by Gasteiger charge is -2.22. The molecule has 3 rings (SSSR count). The molecule has 1 aliphatic rings. The molecule has 0 spiro atoms. The molecule has 0 aliphatic carbocycles. The first-order chi connectivity index (χ1) is 13.5. The Labute approximate surface area is 174 Å². The van der Waals surface area contributed by atoms with Crippen LogP contribution in [0.3, 0.4) is 0 Å². The maximum atomic E-state index is 13.2. The lowest BCUT2D eigenvalue weighted by atomic mass is 9.87. The van der Waals surface area contributed by atoms with E-state index in [1.54, 1.807) is 12.1 Å². The number of sulfone groups is 2. The normalized spacial score (nSPS) is 21.9. The molecule has 1 aliphatic heterocycles. The van der Waals surface area contributed by atoms with Gasteiger partial charge in [-0.2, -0.15) is 0 Å². The first-order valence-corrected chi connectivity index (χ1v) is 13.2. The van der Waals surface area contributed by atoms with Crippen molar-refractivity contribution in [1.29, 1.82) is 0 Å². The first-order valence-electron chi connectivity index (χ1n) is 9.81. The van der Waals surface area contributed by atoms with Crippen molar-refractivity contribution >= 4 is 19.7 Å². The molecular weight excluding hydrogens is 406 g/mol. The molecule has 0 bridgehead atoms. The van der Waals surface area contributed by atoms with Crippen molar-refractivity contribution in [3.8, 4) is 0 Å². The summed E-state index contributed by atoms with van der Waals surface area (Å²) in [4.78, 5) is 0.183. The standard InChI is InChI=1S/C22H29NO4S2/c1-22(2,3)18-9-11-19(12-10-18)29(26,27)21-16-28(24,25)15-20(21)23-14-13-17-7-5-4-6-8-17/h4-12,20-21,23H,13-16H2,1-3H3/t20-,21-/m0/s1. The largest absolute Gasteiger partial charge is 0.311 e. The van der Waals surface area contributed by atoms with Gasteiger partial charge in [-0.3, -0.25) is 0 Å². The highest BCUT2D eigenvalue weighted by atomic mass is 32.2. The number of hydrogen-bond acceptors (Lipinski definition) is 5. The van der Waals surface area contributed by atoms with Crippen LogP contribution in [-0.4, -0.2) is 46.2 Å². The molecule has 1 saturated heterocycles. The van der Waals surface area contributed by atoms with E-state index >= 15 is 0 Å². The van der Waals surface area contributed by atoms with E-state index in [0.29, 0.717) is 13.0 Å². The van der Waals surface area contributed by atoms with Gasteiger partial charge in [0.25, 0.3) is 0 Å². The van der Waals surface area contributed by atoms with Crippen LogP contribution in [0.1, 0.15) is 31.9 Å². The van der Waals surface area contributed by atoms with Gasteiger partial charge in [-0.05, 0) is 41.6 Å². The molecule has 0 aromatic heterocycles. The van der Waals surface area contributed by atoms with Crippen molar-refractivity contribution < 1.29 is 16.8 Å². The second-order valence-electron chi connectivity index (χ2n) is 8.73. The van der Waals surface area contributed by atoms with Gasteiger partial charge in [0, 0.05) is 6.04 Å². The molecule has 2 aromatic carbocycles. The lowest BCUT2D eigenvalue weighted by molar-refractivity contribution is 0.528. The van der Waals surface area contributed by atoms with Crippen LogP contribution < -0.4 is 5.32 Å². The third-order valence-electron chi connectivity index (χ3n) is 5.41. The van der Waals surface area contributed by atoms with E-state index in [2.05, 4.69) is 26.1 Å². The summed E-state index contributed by atoms with van der Waals surface area (Å²) in [6, 6.07) is 16.1. The molecule has 0 amide bonds. The summed E-state index contributed by atoms with van der Waals surface area (Å²) in [5.41, 5.74) is 2.08. The number of hydrogen-bond donors (Lipinski definition) is 1. The third kappa shape index (κ3) is 5.27. The van der Waals surface area contributed by atoms with Crippen molar-refractivity contribution in [2.24, 2.45) is 0 Å². The smallest absolute Gasteiger partial charge is 0.183 e. The Balaban J connectivity index is 1.78. The molecule has 29 heavy (non-hydrogen) atoms. The zero-order valence-corrected chi connectivity index (χ0v) is 18.8. The van der Waals surface area contributed by atoms with Crippen molar-refractivity contribution in [2.45, 2.75) is 48.8 Å². The van der Waals surface area contributed by atoms with E-state index in [-0.39, 0.29) is 21.8 Å². The Morgan fingerprint density at radius 3 is 2.17 bits per heavy atom. The first kappa shape index (κ1) is 22.0. The van der Waals surface area contributed by atoms with Crippen LogP contribution in [0, 0.1) is 0 Å². The predicted molar refractivity (Wildman–Crippen MR) is 117 cm³/mol. The van der Waals surface area contributed by atoms with Gasteiger partial charge in [-0.15, -0.1) is 0 Å². The highest BCUT2D eigenvalue weighted by Crippen LogP contribution is 2.28. The van der Waals surface area contributed by atoms with Crippen molar-refractivity contribution in [3.63, 3.8) is 0 Å². The SMILES string of the molecule is CC(C)(C)c1ccc(S(=O)(=O)[C@H]2CS(=O)(=O)C[C@@H]2NCCc2ccccc2)cc1. The van der Waals surface area contributed by atoms with E-state index in [0.717, 1.165) is 11.1 Å². The molecule has 158 valence electrons. The fraction of sp³-hybridized carbons (Fsp3) is 0.455. The predicted octanol–water partition coefficient (Wildman–Crippen LogP) is 2.76. The van der Waals surface area contributed by atoms with Gasteiger partial charge in [-0.25, -0.2) is 16.8 Å². The maximum absolute atomic E-state index is 13.2.